The van der Waals surface area contributed by atoms with Gasteiger partial charge in [0.05, 0.1) is 29.5 Å². The number of nitrogens with one attached hydrogen (secondary N) is 1. The summed E-state index contributed by atoms with van der Waals surface area (Å²) in [6, 6.07) is 16.4. The molecule has 0 fully saturated rings. The molecular formula is C45H68N4O2. The van der Waals surface area contributed by atoms with Crippen molar-refractivity contribution >= 4 is 22.6 Å². The normalized spacial score (nSPS) is 12.6. The van der Waals surface area contributed by atoms with Gasteiger partial charge in [-0.1, -0.05) is 106 Å². The average molecular weight is 697 g/mol. The molecule has 0 radical (unpaired) electrons. The Morgan fingerprint density at radius 1 is 0.843 bits per heavy atom. The number of fused-ring (bicyclic) bond motifs is 1. The number of amidine groups is 1. The highest BCUT2D eigenvalue weighted by Gasteiger charge is 2.19. The quantitative estimate of drug-likeness (QED) is 0.105. The first-order valence-corrected chi connectivity index (χ1v) is 19.3. The number of benzene rings is 3. The minimum absolute atomic E-state index is 0.467. The Balaban J connectivity index is 0.000000893. The summed E-state index contributed by atoms with van der Waals surface area (Å²) in [7, 11) is 1.99. The van der Waals surface area contributed by atoms with Crippen molar-refractivity contribution in [1.29, 1.82) is 0 Å². The summed E-state index contributed by atoms with van der Waals surface area (Å²) in [5.74, 6) is 5.25. The number of aromatic nitrogens is 2. The van der Waals surface area contributed by atoms with Crippen molar-refractivity contribution in [3.05, 3.63) is 89.4 Å². The fourth-order valence-electron chi connectivity index (χ4n) is 5.09. The molecule has 0 aliphatic carbocycles. The van der Waals surface area contributed by atoms with Gasteiger partial charge >= 0.3 is 0 Å². The molecule has 4 rings (SSSR count). The molecule has 6 heteroatoms. The molecule has 3 aromatic carbocycles. The van der Waals surface area contributed by atoms with Crippen LogP contribution in [-0.2, 0) is 7.05 Å². The number of rotatable bonds is 14. The predicted molar refractivity (Wildman–Crippen MR) is 222 cm³/mol. The van der Waals surface area contributed by atoms with Crippen LogP contribution in [0.1, 0.15) is 123 Å². The van der Waals surface area contributed by atoms with Gasteiger partial charge in [0.15, 0.2) is 0 Å². The Kier molecular flexibility index (Phi) is 19.2. The molecule has 1 heterocycles. The van der Waals surface area contributed by atoms with Crippen LogP contribution in [0.5, 0.6) is 17.2 Å². The minimum Gasteiger partial charge on any atom is -0.492 e. The van der Waals surface area contributed by atoms with Crippen molar-refractivity contribution in [2.45, 2.75) is 122 Å². The summed E-state index contributed by atoms with van der Waals surface area (Å²) >= 11 is 0. The van der Waals surface area contributed by atoms with Crippen LogP contribution in [-0.4, -0.2) is 22.0 Å². The lowest BCUT2D eigenvalue weighted by Gasteiger charge is -2.22. The van der Waals surface area contributed by atoms with Crippen LogP contribution in [0.4, 0.5) is 5.69 Å². The summed E-state index contributed by atoms with van der Waals surface area (Å²) in [5.41, 5.74) is 7.14. The third kappa shape index (κ3) is 14.2. The number of ether oxygens (including phenoxy) is 2. The number of aliphatic imine (C=N–C) groups is 1. The van der Waals surface area contributed by atoms with Crippen molar-refractivity contribution in [3.63, 3.8) is 0 Å². The maximum Gasteiger partial charge on any atom is 0.141 e. The average Bonchev–Trinajstić information content (AvgIpc) is 3.49. The van der Waals surface area contributed by atoms with Crippen LogP contribution < -0.4 is 14.8 Å². The van der Waals surface area contributed by atoms with Gasteiger partial charge in [0, 0.05) is 25.0 Å². The lowest BCUT2D eigenvalue weighted by molar-refractivity contribution is 0.232. The zero-order valence-corrected chi connectivity index (χ0v) is 34.2. The number of anilines is 1. The van der Waals surface area contributed by atoms with Crippen LogP contribution in [0.15, 0.2) is 72.1 Å². The van der Waals surface area contributed by atoms with Gasteiger partial charge in [-0.25, -0.2) is 9.98 Å². The molecule has 1 unspecified atom stereocenters. The lowest BCUT2D eigenvalue weighted by atomic mass is 9.96. The SMILES string of the molecule is CC/C=C/N=C(Nc1ccc(Oc2ccc3c(c2)ncn3C)c(C)c1)c1c(C)ccc(C)c1OCC(C)C[C@H](C)CC.CCC(C)C.CCCC. The summed E-state index contributed by atoms with van der Waals surface area (Å²) in [5, 5.41) is 3.60. The van der Waals surface area contributed by atoms with Crippen LogP contribution in [0, 0.1) is 38.5 Å². The molecule has 0 saturated heterocycles. The van der Waals surface area contributed by atoms with E-state index in [-0.39, 0.29) is 0 Å². The van der Waals surface area contributed by atoms with E-state index in [4.69, 9.17) is 14.5 Å². The molecule has 1 N–H and O–H groups in total. The van der Waals surface area contributed by atoms with Crippen LogP contribution >= 0.6 is 0 Å². The Labute approximate surface area is 310 Å². The zero-order valence-electron chi connectivity index (χ0n) is 34.2. The second kappa shape index (κ2) is 22.7. The molecule has 1 aromatic heterocycles. The standard InChI is InChI=1S/C36H46N4O2.C5H12.C4H10/c1-9-11-18-37-36(34-26(5)12-13-27(6)35(34)41-22-25(4)19-24(3)10-2)39-29-14-17-33(28(7)20-29)42-30-15-16-32-31(21-30)38-23-40(32)8;1-4-5(2)3;1-3-4-2/h11-18,20-21,23-25H,9-10,19,22H2,1-8H3,(H,37,39);5H,4H2,1-3H3;3-4H2,1-2H3/b18-11+;;/t24-,25?;;/m1../s1. The number of nitrogens with zero attached hydrogens (tertiary/aromatic N) is 3. The zero-order chi connectivity index (χ0) is 37.9. The second-order valence-electron chi connectivity index (χ2n) is 14.4. The van der Waals surface area contributed by atoms with Gasteiger partial charge in [-0.3, -0.25) is 0 Å². The molecular weight excluding hydrogens is 629 g/mol. The lowest BCUT2D eigenvalue weighted by Crippen LogP contribution is -2.19. The molecule has 4 aromatic rings. The number of imidazole rings is 1. The summed E-state index contributed by atoms with van der Waals surface area (Å²) in [4.78, 5) is 9.34. The molecule has 0 saturated carbocycles. The largest absolute Gasteiger partial charge is 0.492 e. The van der Waals surface area contributed by atoms with Gasteiger partial charge in [-0.2, -0.15) is 0 Å². The maximum absolute atomic E-state index is 6.55. The van der Waals surface area contributed by atoms with E-state index < -0.39 is 0 Å². The van der Waals surface area contributed by atoms with E-state index in [0.29, 0.717) is 18.4 Å². The highest BCUT2D eigenvalue weighted by molar-refractivity contribution is 6.11. The highest BCUT2D eigenvalue weighted by Crippen LogP contribution is 2.32. The number of hydrogen-bond acceptors (Lipinski definition) is 4. The van der Waals surface area contributed by atoms with E-state index in [2.05, 4.69) is 118 Å². The van der Waals surface area contributed by atoms with Gasteiger partial charge in [0.2, 0.25) is 0 Å². The third-order valence-electron chi connectivity index (χ3n) is 9.04. The molecule has 6 nitrogen and oxygen atoms in total. The van der Waals surface area contributed by atoms with E-state index in [1.54, 1.807) is 0 Å². The van der Waals surface area contributed by atoms with Gasteiger partial charge in [0.25, 0.3) is 0 Å². The Morgan fingerprint density at radius 3 is 2.14 bits per heavy atom. The van der Waals surface area contributed by atoms with E-state index >= 15 is 0 Å². The summed E-state index contributed by atoms with van der Waals surface area (Å²) in [6.07, 6.45) is 12.9. The van der Waals surface area contributed by atoms with E-state index in [1.165, 1.54) is 25.7 Å². The smallest absolute Gasteiger partial charge is 0.141 e. The Morgan fingerprint density at radius 2 is 1.53 bits per heavy atom. The molecule has 2 atom stereocenters. The maximum atomic E-state index is 6.55. The minimum atomic E-state index is 0.467. The molecule has 0 aliphatic heterocycles. The Bertz CT molecular complexity index is 1660. The van der Waals surface area contributed by atoms with E-state index in [9.17, 15) is 0 Å². The summed E-state index contributed by atoms with van der Waals surface area (Å²) < 4.78 is 14.8. The fourth-order valence-corrected chi connectivity index (χ4v) is 5.09. The fraction of sp³-hybridized carbons (Fsp3) is 0.511. The first kappa shape index (κ1) is 43.1. The first-order valence-electron chi connectivity index (χ1n) is 19.3. The molecule has 0 amide bonds. The van der Waals surface area contributed by atoms with Crippen LogP contribution in [0.25, 0.3) is 11.0 Å². The van der Waals surface area contributed by atoms with Crippen molar-refractivity contribution in [2.24, 2.45) is 29.8 Å². The van der Waals surface area contributed by atoms with Gasteiger partial charge < -0.3 is 19.4 Å². The van der Waals surface area contributed by atoms with Crippen molar-refractivity contribution in [2.75, 3.05) is 11.9 Å². The number of unbranched alkanes of at least 4 members (excludes halogenated alkanes) is 1. The molecule has 0 bridgehead atoms. The number of hydrogen-bond donors (Lipinski definition) is 1. The van der Waals surface area contributed by atoms with Gasteiger partial charge in [0.1, 0.15) is 23.1 Å². The molecule has 0 aliphatic rings. The van der Waals surface area contributed by atoms with E-state index in [0.717, 1.165) is 80.8 Å². The van der Waals surface area contributed by atoms with Gasteiger partial charge in [-0.15, -0.1) is 0 Å². The molecule has 51 heavy (non-hydrogen) atoms. The predicted octanol–water partition coefficient (Wildman–Crippen LogP) is 13.4. The van der Waals surface area contributed by atoms with Crippen molar-refractivity contribution in [3.8, 4) is 17.2 Å². The third-order valence-corrected chi connectivity index (χ3v) is 9.04. The summed E-state index contributed by atoms with van der Waals surface area (Å²) in [6.45, 7) is 26.9. The van der Waals surface area contributed by atoms with Crippen molar-refractivity contribution in [1.82, 2.24) is 9.55 Å². The monoisotopic (exact) mass is 697 g/mol. The van der Waals surface area contributed by atoms with Crippen LogP contribution in [0.2, 0.25) is 0 Å². The second-order valence-corrected chi connectivity index (χ2v) is 14.4. The highest BCUT2D eigenvalue weighted by atomic mass is 16.5. The number of aryl methyl sites for hydroxylation is 4. The molecule has 280 valence electrons. The first-order chi connectivity index (χ1) is 24.4. The van der Waals surface area contributed by atoms with Gasteiger partial charge in [-0.05, 0) is 98.4 Å². The van der Waals surface area contributed by atoms with Crippen LogP contribution in [0.3, 0.4) is 0 Å². The number of allylic oxidation sites excluding steroid dienone is 1. The van der Waals surface area contributed by atoms with E-state index in [1.807, 2.05) is 54.5 Å². The molecule has 0 spiro atoms. The van der Waals surface area contributed by atoms with Crippen molar-refractivity contribution < 1.29 is 9.47 Å². The topological polar surface area (TPSA) is 60.7 Å². The Hall–Kier alpha value is -4.06.